The van der Waals surface area contributed by atoms with E-state index in [1.54, 1.807) is 11.3 Å². The fourth-order valence-electron chi connectivity index (χ4n) is 5.08. The van der Waals surface area contributed by atoms with E-state index in [1.165, 1.54) is 0 Å². The minimum Gasteiger partial charge on any atom is -0.381 e. The Bertz CT molecular complexity index is 874. The quantitative estimate of drug-likeness (QED) is 0.804. The molecule has 0 aliphatic carbocycles. The van der Waals surface area contributed by atoms with Gasteiger partial charge >= 0.3 is 0 Å². The minimum atomic E-state index is 0.0682. The highest BCUT2D eigenvalue weighted by atomic mass is 32.1. The molecule has 0 saturated carbocycles. The second-order valence-electron chi connectivity index (χ2n) is 8.83. The summed E-state index contributed by atoms with van der Waals surface area (Å²) in [5.41, 5.74) is 1.01. The van der Waals surface area contributed by atoms with Gasteiger partial charge in [0, 0.05) is 57.0 Å². The Morgan fingerprint density at radius 1 is 1.03 bits per heavy atom. The van der Waals surface area contributed by atoms with Gasteiger partial charge < -0.3 is 19.7 Å². The molecule has 0 aromatic carbocycles. The van der Waals surface area contributed by atoms with Crippen LogP contribution in [-0.4, -0.2) is 72.2 Å². The van der Waals surface area contributed by atoms with E-state index in [1.807, 2.05) is 13.0 Å². The Hall–Kier alpha value is -1.48. The normalized spacial score (nSPS) is 23.2. The summed E-state index contributed by atoms with van der Waals surface area (Å²) in [6.45, 7) is 7.53. The van der Waals surface area contributed by atoms with Gasteiger partial charge in [-0.2, -0.15) is 5.10 Å². The number of piperidine rings is 1. The van der Waals surface area contributed by atoms with Crippen molar-refractivity contribution in [2.75, 3.05) is 39.5 Å². The van der Waals surface area contributed by atoms with Crippen molar-refractivity contribution in [3.8, 4) is 0 Å². The smallest absolute Gasteiger partial charge is 0.261 e. The highest BCUT2D eigenvalue weighted by molar-refractivity contribution is 7.20. The van der Waals surface area contributed by atoms with Gasteiger partial charge in [0.05, 0.1) is 16.6 Å². The van der Waals surface area contributed by atoms with Crippen molar-refractivity contribution in [1.29, 1.82) is 0 Å². The van der Waals surface area contributed by atoms with Crippen molar-refractivity contribution in [3.63, 3.8) is 0 Å². The molecule has 30 heavy (non-hydrogen) atoms. The zero-order valence-corrected chi connectivity index (χ0v) is 18.6. The van der Waals surface area contributed by atoms with Crippen LogP contribution in [0.5, 0.6) is 0 Å². The van der Waals surface area contributed by atoms with Gasteiger partial charge in [-0.05, 0) is 51.5 Å². The average Bonchev–Trinajstić information content (AvgIpc) is 3.36. The van der Waals surface area contributed by atoms with Crippen LogP contribution in [0.25, 0.3) is 10.2 Å². The molecule has 3 aliphatic heterocycles. The molecule has 1 N–H and O–H groups in total. The van der Waals surface area contributed by atoms with Crippen LogP contribution in [0.15, 0.2) is 6.07 Å². The summed E-state index contributed by atoms with van der Waals surface area (Å²) in [6.07, 6.45) is 6.32. The third kappa shape index (κ3) is 4.15. The minimum absolute atomic E-state index is 0.0682. The van der Waals surface area contributed by atoms with Crippen LogP contribution in [0.4, 0.5) is 0 Å². The molecule has 164 valence electrons. The number of carbonyl (C=O) groups excluding carboxylic acids is 1. The molecule has 5 rings (SSSR count). The summed E-state index contributed by atoms with van der Waals surface area (Å²) in [5.74, 6) is 0.0682. The molecule has 8 heteroatoms. The Balaban J connectivity index is 1.22. The first-order valence-electron chi connectivity index (χ1n) is 11.4. The van der Waals surface area contributed by atoms with Gasteiger partial charge in [0.2, 0.25) is 0 Å². The predicted molar refractivity (Wildman–Crippen MR) is 117 cm³/mol. The van der Waals surface area contributed by atoms with E-state index in [0.29, 0.717) is 12.1 Å². The van der Waals surface area contributed by atoms with E-state index in [4.69, 9.17) is 14.6 Å². The predicted octanol–water partition coefficient (Wildman–Crippen LogP) is 3.13. The standard InChI is InChI=1S/C22H32N4O3S/c1-15-19-14-20(30-22(19)26(24-15)18-6-12-29-13-7-18)21(27)23-16-2-8-25(9-3-16)17-4-10-28-11-5-17/h14,16-18H,2-13H2,1H3,(H,23,27). The van der Waals surface area contributed by atoms with E-state index >= 15 is 0 Å². The molecular weight excluding hydrogens is 400 g/mol. The number of rotatable bonds is 4. The lowest BCUT2D eigenvalue weighted by molar-refractivity contribution is 0.0239. The molecular formula is C22H32N4O3S. The highest BCUT2D eigenvalue weighted by Crippen LogP contribution is 2.33. The van der Waals surface area contributed by atoms with Gasteiger partial charge in [0.15, 0.2) is 0 Å². The van der Waals surface area contributed by atoms with E-state index in [2.05, 4.69) is 14.9 Å². The molecule has 7 nitrogen and oxygen atoms in total. The van der Waals surface area contributed by atoms with E-state index in [-0.39, 0.29) is 11.9 Å². The maximum atomic E-state index is 13.0. The zero-order valence-electron chi connectivity index (χ0n) is 17.8. The second-order valence-corrected chi connectivity index (χ2v) is 9.86. The van der Waals surface area contributed by atoms with Crippen LogP contribution in [0.1, 0.15) is 59.9 Å². The number of ether oxygens (including phenoxy) is 2. The molecule has 2 aromatic rings. The monoisotopic (exact) mass is 432 g/mol. The molecule has 3 aliphatic rings. The SMILES string of the molecule is Cc1nn(C2CCOCC2)c2sc(C(=O)NC3CCN(C4CCOCC4)CC3)cc12. The summed E-state index contributed by atoms with van der Waals surface area (Å²) in [5, 5.41) is 9.18. The highest BCUT2D eigenvalue weighted by Gasteiger charge is 2.28. The number of fused-ring (bicyclic) bond motifs is 1. The first kappa shape index (κ1) is 20.4. The number of hydrogen-bond acceptors (Lipinski definition) is 6. The van der Waals surface area contributed by atoms with Crippen molar-refractivity contribution in [3.05, 3.63) is 16.6 Å². The Morgan fingerprint density at radius 3 is 2.33 bits per heavy atom. The number of aryl methyl sites for hydroxylation is 1. The van der Waals surface area contributed by atoms with E-state index in [0.717, 1.165) is 98.8 Å². The number of aromatic nitrogens is 2. The summed E-state index contributed by atoms with van der Waals surface area (Å²) in [4.78, 5) is 17.5. The molecule has 5 heterocycles. The lowest BCUT2D eigenvalue weighted by Crippen LogP contribution is -2.49. The maximum absolute atomic E-state index is 13.0. The Kier molecular flexibility index (Phi) is 6.09. The van der Waals surface area contributed by atoms with Crippen LogP contribution < -0.4 is 5.32 Å². The third-order valence-electron chi connectivity index (χ3n) is 6.90. The van der Waals surface area contributed by atoms with Crippen molar-refractivity contribution in [2.45, 2.75) is 63.6 Å². The molecule has 1 amide bonds. The zero-order chi connectivity index (χ0) is 20.5. The topological polar surface area (TPSA) is 68.6 Å². The summed E-state index contributed by atoms with van der Waals surface area (Å²) < 4.78 is 13.1. The number of carbonyl (C=O) groups is 1. The van der Waals surface area contributed by atoms with Gasteiger partial charge in [-0.15, -0.1) is 11.3 Å². The fourth-order valence-corrected chi connectivity index (χ4v) is 6.21. The summed E-state index contributed by atoms with van der Waals surface area (Å²) in [7, 11) is 0. The lowest BCUT2D eigenvalue weighted by atomic mass is 9.99. The van der Waals surface area contributed by atoms with E-state index < -0.39 is 0 Å². The van der Waals surface area contributed by atoms with Crippen LogP contribution in [0, 0.1) is 6.92 Å². The van der Waals surface area contributed by atoms with Crippen LogP contribution in [0.3, 0.4) is 0 Å². The largest absolute Gasteiger partial charge is 0.381 e. The molecule has 0 atom stereocenters. The third-order valence-corrected chi connectivity index (χ3v) is 8.02. The molecule has 0 unspecified atom stereocenters. The Morgan fingerprint density at radius 2 is 1.67 bits per heavy atom. The average molecular weight is 433 g/mol. The maximum Gasteiger partial charge on any atom is 0.261 e. The summed E-state index contributed by atoms with van der Waals surface area (Å²) in [6, 6.07) is 3.34. The molecule has 0 spiro atoms. The molecule has 0 bridgehead atoms. The van der Waals surface area contributed by atoms with Crippen molar-refractivity contribution in [2.24, 2.45) is 0 Å². The van der Waals surface area contributed by atoms with Crippen LogP contribution >= 0.6 is 11.3 Å². The number of nitrogens with one attached hydrogen (secondary N) is 1. The summed E-state index contributed by atoms with van der Waals surface area (Å²) >= 11 is 1.58. The van der Waals surface area contributed by atoms with Gasteiger partial charge in [-0.3, -0.25) is 9.48 Å². The van der Waals surface area contributed by atoms with Crippen molar-refractivity contribution in [1.82, 2.24) is 20.0 Å². The van der Waals surface area contributed by atoms with Crippen LogP contribution in [-0.2, 0) is 9.47 Å². The van der Waals surface area contributed by atoms with Crippen molar-refractivity contribution >= 4 is 27.5 Å². The molecule has 2 aromatic heterocycles. The fraction of sp³-hybridized carbons (Fsp3) is 0.727. The number of hydrogen-bond donors (Lipinski definition) is 1. The lowest BCUT2D eigenvalue weighted by Gasteiger charge is -2.39. The molecule has 0 radical (unpaired) electrons. The number of likely N-dealkylation sites (tertiary alicyclic amines) is 1. The van der Waals surface area contributed by atoms with E-state index in [9.17, 15) is 4.79 Å². The second kappa shape index (κ2) is 8.94. The molecule has 3 saturated heterocycles. The van der Waals surface area contributed by atoms with Gasteiger partial charge in [0.1, 0.15) is 4.83 Å². The number of nitrogens with zero attached hydrogens (tertiary/aromatic N) is 3. The number of thiophene rings is 1. The number of amides is 1. The first-order valence-corrected chi connectivity index (χ1v) is 12.2. The first-order chi connectivity index (χ1) is 14.7. The van der Waals surface area contributed by atoms with Gasteiger partial charge in [0.25, 0.3) is 5.91 Å². The Labute approximate surface area is 181 Å². The van der Waals surface area contributed by atoms with Gasteiger partial charge in [-0.1, -0.05) is 0 Å². The van der Waals surface area contributed by atoms with Crippen molar-refractivity contribution < 1.29 is 14.3 Å². The van der Waals surface area contributed by atoms with Gasteiger partial charge in [-0.25, -0.2) is 0 Å². The molecule has 3 fully saturated rings. The van der Waals surface area contributed by atoms with Crippen LogP contribution in [0.2, 0.25) is 0 Å².